The Labute approximate surface area is 148 Å². The average molecular weight is 324 g/mol. The van der Waals surface area contributed by atoms with Crippen molar-refractivity contribution in [2.24, 2.45) is 0 Å². The van der Waals surface area contributed by atoms with Gasteiger partial charge < -0.3 is 4.74 Å². The minimum absolute atomic E-state index is 0.480. The van der Waals surface area contributed by atoms with E-state index in [2.05, 4.69) is 78.5 Å². The summed E-state index contributed by atoms with van der Waals surface area (Å²) in [4.78, 5) is 0. The molecule has 0 bridgehead atoms. The summed E-state index contributed by atoms with van der Waals surface area (Å²) in [7, 11) is 1.70. The molecule has 4 rings (SSSR count). The number of allylic oxidation sites excluding steroid dienone is 1. The fourth-order valence-corrected chi connectivity index (χ4v) is 3.14. The maximum atomic E-state index is 5.25. The fraction of sp³-hybridized carbons (Fsp3) is 0.125. The van der Waals surface area contributed by atoms with Gasteiger partial charge in [0.25, 0.3) is 0 Å². The van der Waals surface area contributed by atoms with Crippen molar-refractivity contribution < 1.29 is 4.74 Å². The van der Waals surface area contributed by atoms with E-state index < -0.39 is 0 Å². The van der Waals surface area contributed by atoms with Crippen LogP contribution in [0.4, 0.5) is 0 Å². The molecule has 1 heteroatoms. The Kier molecular flexibility index (Phi) is 4.24. The number of rotatable bonds is 4. The molecule has 1 nitrogen and oxygen atoms in total. The summed E-state index contributed by atoms with van der Waals surface area (Å²) in [5, 5.41) is 0. The highest BCUT2D eigenvalue weighted by atomic mass is 16.5. The molecule has 0 aliphatic heterocycles. The lowest BCUT2D eigenvalue weighted by molar-refractivity contribution is 0.414. The van der Waals surface area contributed by atoms with Crippen molar-refractivity contribution in [2.75, 3.05) is 7.11 Å². The Bertz CT molecular complexity index is 873. The second-order valence-electron chi connectivity index (χ2n) is 6.29. The van der Waals surface area contributed by atoms with Gasteiger partial charge in [-0.2, -0.15) is 0 Å². The lowest BCUT2D eigenvalue weighted by atomic mass is 9.98. The number of benzene rings is 3. The van der Waals surface area contributed by atoms with Crippen LogP contribution < -0.4 is 4.74 Å². The molecule has 0 radical (unpaired) electrons. The summed E-state index contributed by atoms with van der Waals surface area (Å²) in [5.41, 5.74) is 10.0. The first kappa shape index (κ1) is 15.5. The summed E-state index contributed by atoms with van der Waals surface area (Å²) in [5.74, 6) is 1.38. The molecule has 0 N–H and O–H groups in total. The molecule has 0 heterocycles. The highest BCUT2D eigenvalue weighted by molar-refractivity contribution is 5.80. The minimum atomic E-state index is 0.480. The van der Waals surface area contributed by atoms with Crippen molar-refractivity contribution in [3.63, 3.8) is 0 Å². The Balaban J connectivity index is 1.74. The number of methoxy groups -OCH3 is 1. The first-order valence-corrected chi connectivity index (χ1v) is 8.59. The second-order valence-corrected chi connectivity index (χ2v) is 6.29. The van der Waals surface area contributed by atoms with Crippen LogP contribution in [0.15, 0.2) is 96.2 Å². The minimum Gasteiger partial charge on any atom is -0.497 e. The van der Waals surface area contributed by atoms with E-state index >= 15 is 0 Å². The van der Waals surface area contributed by atoms with E-state index in [1.54, 1.807) is 7.11 Å². The normalized spacial score (nSPS) is 15.4. The predicted octanol–water partition coefficient (Wildman–Crippen LogP) is 5.84. The Morgan fingerprint density at radius 1 is 0.800 bits per heavy atom. The van der Waals surface area contributed by atoms with Crippen LogP contribution in [0.25, 0.3) is 5.57 Å². The smallest absolute Gasteiger partial charge is 0.118 e. The van der Waals surface area contributed by atoms with Gasteiger partial charge in [-0.3, -0.25) is 0 Å². The molecule has 1 aliphatic carbocycles. The SMILES string of the molecule is COc1ccc(C2CC2=C=C(c2ccccc2)c2ccccc2)cc1. The largest absolute Gasteiger partial charge is 0.497 e. The lowest BCUT2D eigenvalue weighted by Gasteiger charge is -2.05. The first-order chi connectivity index (χ1) is 12.3. The summed E-state index contributed by atoms with van der Waals surface area (Å²) < 4.78 is 5.25. The van der Waals surface area contributed by atoms with Crippen LogP contribution in [0, 0.1) is 0 Å². The zero-order chi connectivity index (χ0) is 17.1. The van der Waals surface area contributed by atoms with Gasteiger partial charge in [0, 0.05) is 11.5 Å². The van der Waals surface area contributed by atoms with E-state index in [9.17, 15) is 0 Å². The highest BCUT2D eigenvalue weighted by Crippen LogP contribution is 2.47. The zero-order valence-electron chi connectivity index (χ0n) is 14.3. The van der Waals surface area contributed by atoms with Crippen LogP contribution in [0.5, 0.6) is 5.75 Å². The van der Waals surface area contributed by atoms with Crippen molar-refractivity contribution in [2.45, 2.75) is 12.3 Å². The molecule has 1 aliphatic rings. The van der Waals surface area contributed by atoms with E-state index in [0.717, 1.165) is 12.2 Å². The molecule has 0 spiro atoms. The van der Waals surface area contributed by atoms with Crippen molar-refractivity contribution in [1.29, 1.82) is 0 Å². The molecule has 3 aromatic carbocycles. The number of hydrogen-bond acceptors (Lipinski definition) is 1. The Morgan fingerprint density at radius 3 is 1.88 bits per heavy atom. The third-order valence-corrected chi connectivity index (χ3v) is 4.61. The summed E-state index contributed by atoms with van der Waals surface area (Å²) >= 11 is 0. The van der Waals surface area contributed by atoms with Crippen LogP contribution in [0.1, 0.15) is 29.0 Å². The van der Waals surface area contributed by atoms with E-state index in [0.29, 0.717) is 5.92 Å². The topological polar surface area (TPSA) is 9.23 Å². The third kappa shape index (κ3) is 3.42. The fourth-order valence-electron chi connectivity index (χ4n) is 3.14. The van der Waals surface area contributed by atoms with Gasteiger partial charge in [0.1, 0.15) is 5.75 Å². The third-order valence-electron chi connectivity index (χ3n) is 4.61. The maximum Gasteiger partial charge on any atom is 0.118 e. The summed E-state index contributed by atoms with van der Waals surface area (Å²) in [6.45, 7) is 0. The highest BCUT2D eigenvalue weighted by Gasteiger charge is 2.31. The molecular weight excluding hydrogens is 304 g/mol. The summed E-state index contributed by atoms with van der Waals surface area (Å²) in [6, 6.07) is 29.4. The van der Waals surface area contributed by atoms with Gasteiger partial charge in [-0.25, -0.2) is 0 Å². The van der Waals surface area contributed by atoms with Crippen LogP contribution >= 0.6 is 0 Å². The molecule has 25 heavy (non-hydrogen) atoms. The van der Waals surface area contributed by atoms with Gasteiger partial charge in [-0.15, -0.1) is 5.73 Å². The second kappa shape index (κ2) is 6.84. The number of ether oxygens (including phenoxy) is 1. The Hall–Kier alpha value is -3.02. The molecule has 0 saturated heterocycles. The first-order valence-electron chi connectivity index (χ1n) is 8.59. The van der Waals surface area contributed by atoms with Crippen molar-refractivity contribution in [3.8, 4) is 5.75 Å². The zero-order valence-corrected chi connectivity index (χ0v) is 14.3. The van der Waals surface area contributed by atoms with E-state index in [1.807, 2.05) is 12.1 Å². The van der Waals surface area contributed by atoms with Crippen LogP contribution in [-0.4, -0.2) is 7.11 Å². The van der Waals surface area contributed by atoms with Gasteiger partial charge in [-0.1, -0.05) is 72.8 Å². The van der Waals surface area contributed by atoms with Crippen molar-refractivity contribution >= 4 is 5.57 Å². The monoisotopic (exact) mass is 324 g/mol. The van der Waals surface area contributed by atoms with E-state index in [-0.39, 0.29) is 0 Å². The molecule has 0 aromatic heterocycles. The van der Waals surface area contributed by atoms with E-state index in [4.69, 9.17) is 4.74 Å². The van der Waals surface area contributed by atoms with E-state index in [1.165, 1.54) is 27.8 Å². The van der Waals surface area contributed by atoms with Crippen LogP contribution in [0.2, 0.25) is 0 Å². The number of hydrogen-bond donors (Lipinski definition) is 0. The molecule has 1 atom stereocenters. The van der Waals surface area contributed by atoms with Gasteiger partial charge in [0.15, 0.2) is 0 Å². The van der Waals surface area contributed by atoms with Gasteiger partial charge in [0.05, 0.1) is 7.11 Å². The van der Waals surface area contributed by atoms with Gasteiger partial charge in [0.2, 0.25) is 0 Å². The summed E-state index contributed by atoms with van der Waals surface area (Å²) in [6.07, 6.45) is 1.08. The molecule has 122 valence electrons. The van der Waals surface area contributed by atoms with Gasteiger partial charge in [-0.05, 0) is 40.8 Å². The lowest BCUT2D eigenvalue weighted by Crippen LogP contribution is -1.86. The van der Waals surface area contributed by atoms with Crippen LogP contribution in [0.3, 0.4) is 0 Å². The maximum absolute atomic E-state index is 5.25. The standard InChI is InChI=1S/C24H20O/c1-25-22-14-12-20(13-15-22)24-17-21(24)16-23(18-8-4-2-5-9-18)19-10-6-3-7-11-19/h2-15,24H,17H2,1H3. The molecule has 0 amide bonds. The average Bonchev–Trinajstić information content (AvgIpc) is 3.47. The Morgan fingerprint density at radius 2 is 1.36 bits per heavy atom. The molecule has 1 unspecified atom stereocenters. The van der Waals surface area contributed by atoms with Crippen LogP contribution in [-0.2, 0) is 0 Å². The molecule has 1 saturated carbocycles. The van der Waals surface area contributed by atoms with Crippen molar-refractivity contribution in [3.05, 3.63) is 113 Å². The molecular formula is C24H20O. The molecule has 3 aromatic rings. The molecule has 1 fully saturated rings. The predicted molar refractivity (Wildman–Crippen MR) is 103 cm³/mol. The van der Waals surface area contributed by atoms with Crippen molar-refractivity contribution in [1.82, 2.24) is 0 Å². The van der Waals surface area contributed by atoms with Gasteiger partial charge >= 0.3 is 0 Å². The quantitative estimate of drug-likeness (QED) is 0.548.